The Bertz CT molecular complexity index is 108. The number of carbonyl (C=O) groups excluding carboxylic acids is 1. The number of urea groups is 1. The van der Waals surface area contributed by atoms with Gasteiger partial charge in [-0.3, -0.25) is 0 Å². The molecule has 0 aromatic carbocycles. The Hall–Kier alpha value is -0.673. The molecule has 0 aliphatic carbocycles. The van der Waals surface area contributed by atoms with E-state index in [-0.39, 0.29) is 0 Å². The zero-order chi connectivity index (χ0) is 7.49. The van der Waals surface area contributed by atoms with Gasteiger partial charge in [-0.1, -0.05) is 0 Å². The number of rotatable bonds is 2. The molecule has 0 aliphatic heterocycles. The summed E-state index contributed by atoms with van der Waals surface area (Å²) in [6.07, 6.45) is 0. The third-order valence-electron chi connectivity index (χ3n) is 0.289. The molecule has 2 amide bonds. The normalized spacial score (nSPS) is 11.0. The summed E-state index contributed by atoms with van der Waals surface area (Å²) in [4.78, 5) is 33.8. The zero-order valence-electron chi connectivity index (χ0n) is 4.24. The largest absolute Gasteiger partial charge is 0.693 e. The second kappa shape index (κ2) is 2.75. The van der Waals surface area contributed by atoms with Crippen molar-refractivity contribution in [1.29, 1.82) is 0 Å². The number of hydrogen-bond acceptors (Lipinski definition) is 5. The minimum atomic E-state index is -4.63. The molecule has 0 rings (SSSR count). The van der Waals surface area contributed by atoms with E-state index in [1.807, 2.05) is 0 Å². The van der Waals surface area contributed by atoms with Gasteiger partial charge in [0.15, 0.2) is 0 Å². The smallest absolute Gasteiger partial charge is 0.366 e. The number of amides is 2. The monoisotopic (exact) mass is 154 g/mol. The van der Waals surface area contributed by atoms with E-state index in [0.717, 1.165) is 0 Å². The lowest BCUT2D eigenvalue weighted by Crippen LogP contribution is -2.47. The maximum Gasteiger partial charge on any atom is 0.693 e. The summed E-state index contributed by atoms with van der Waals surface area (Å²) in [5.74, 6) is 0. The molecule has 0 aromatic heterocycles. The van der Waals surface area contributed by atoms with Crippen LogP contribution in [0.25, 0.3) is 0 Å². The molecule has 0 unspecified atom stereocenters. The Morgan fingerprint density at radius 1 is 1.56 bits per heavy atom. The summed E-state index contributed by atoms with van der Waals surface area (Å²) >= 11 is 0. The first-order chi connectivity index (χ1) is 3.92. The Kier molecular flexibility index (Phi) is 2.54. The molecule has 0 saturated carbocycles. The first kappa shape index (κ1) is 8.33. The third-order valence-corrected chi connectivity index (χ3v) is 0.664. The van der Waals surface area contributed by atoms with E-state index in [1.165, 1.54) is 5.48 Å². The first-order valence-corrected chi connectivity index (χ1v) is 3.57. The van der Waals surface area contributed by atoms with Crippen LogP contribution < -0.4 is 11.2 Å². The van der Waals surface area contributed by atoms with Crippen LogP contribution in [0.5, 0.6) is 0 Å². The maximum absolute atomic E-state index is 9.72. The molecule has 8 heteroatoms. The summed E-state index contributed by atoms with van der Waals surface area (Å²) in [7, 11) is -4.63. The van der Waals surface area contributed by atoms with Crippen LogP contribution in [0.4, 0.5) is 4.79 Å². The maximum atomic E-state index is 9.72. The lowest BCUT2D eigenvalue weighted by molar-refractivity contribution is 0.0289. The Morgan fingerprint density at radius 2 is 2.00 bits per heavy atom. The Balaban J connectivity index is 3.39. The van der Waals surface area contributed by atoms with Gasteiger partial charge in [0.2, 0.25) is 0 Å². The van der Waals surface area contributed by atoms with Crippen LogP contribution in [0.2, 0.25) is 0 Å². The van der Waals surface area contributed by atoms with E-state index in [4.69, 9.17) is 14.4 Å². The van der Waals surface area contributed by atoms with Gasteiger partial charge in [-0.25, -0.2) is 14.8 Å². The molecule has 9 heavy (non-hydrogen) atoms. The molecule has 0 heterocycles. The van der Waals surface area contributed by atoms with Gasteiger partial charge in [0.25, 0.3) is 0 Å². The molecule has 7 nitrogen and oxygen atoms in total. The molecule has 6 N–H and O–H groups in total. The standard InChI is InChI=1S/CH6N2O5Si/c2-1(4)3-8-9(5,6)7/h5-7H,(H3,2,3,4). The predicted molar refractivity (Wildman–Crippen MR) is 26.2 cm³/mol. The molecule has 54 valence electrons. The van der Waals surface area contributed by atoms with Crippen molar-refractivity contribution in [3.8, 4) is 0 Å². The number of nitrogens with two attached hydrogens (primary N) is 1. The topological polar surface area (TPSA) is 125 Å². The molecule has 0 radical (unpaired) electrons. The van der Waals surface area contributed by atoms with Crippen LogP contribution in [-0.4, -0.2) is 29.5 Å². The zero-order valence-corrected chi connectivity index (χ0v) is 5.24. The molecule has 0 fully saturated rings. The molecule has 0 aromatic rings. The molecule has 0 saturated heterocycles. The van der Waals surface area contributed by atoms with Crippen LogP contribution in [0.3, 0.4) is 0 Å². The van der Waals surface area contributed by atoms with E-state index < -0.39 is 15.1 Å². The van der Waals surface area contributed by atoms with Crippen molar-refractivity contribution in [2.24, 2.45) is 5.73 Å². The lowest BCUT2D eigenvalue weighted by atomic mass is 11.2. The van der Waals surface area contributed by atoms with Crippen LogP contribution in [0.15, 0.2) is 0 Å². The summed E-state index contributed by atoms with van der Waals surface area (Å²) < 4.78 is 3.57. The summed E-state index contributed by atoms with van der Waals surface area (Å²) in [5, 5.41) is 0. The minimum absolute atomic E-state index is 1.12. The highest BCUT2D eigenvalue weighted by Crippen LogP contribution is 1.81. The highest BCUT2D eigenvalue weighted by atomic mass is 28.4. The third kappa shape index (κ3) is 7.33. The average molecular weight is 154 g/mol. The highest BCUT2D eigenvalue weighted by molar-refractivity contribution is 6.48. The fraction of sp³-hybridized carbons (Fsp3) is 0. The second-order valence-corrected chi connectivity index (χ2v) is 2.49. The van der Waals surface area contributed by atoms with Crippen molar-refractivity contribution in [2.75, 3.05) is 0 Å². The van der Waals surface area contributed by atoms with Crippen LogP contribution in [-0.2, 0) is 4.53 Å². The van der Waals surface area contributed by atoms with Crippen molar-refractivity contribution in [1.82, 2.24) is 5.48 Å². The SMILES string of the molecule is NC(=O)NO[Si](O)(O)O. The number of hydroxylamine groups is 1. The lowest BCUT2D eigenvalue weighted by Gasteiger charge is -2.07. The van der Waals surface area contributed by atoms with Crippen molar-refractivity contribution in [2.45, 2.75) is 0 Å². The van der Waals surface area contributed by atoms with Gasteiger partial charge in [0.05, 0.1) is 0 Å². The van der Waals surface area contributed by atoms with Gasteiger partial charge in [-0.15, -0.1) is 0 Å². The number of nitrogens with one attached hydrogen (secondary N) is 1. The fourth-order valence-corrected chi connectivity index (χ4v) is 0.356. The van der Waals surface area contributed by atoms with Crippen molar-refractivity contribution < 1.29 is 23.7 Å². The van der Waals surface area contributed by atoms with Crippen molar-refractivity contribution in [3.63, 3.8) is 0 Å². The first-order valence-electron chi connectivity index (χ1n) is 1.82. The van der Waals surface area contributed by atoms with Gasteiger partial charge in [-0.05, 0) is 0 Å². The quantitative estimate of drug-likeness (QED) is 0.214. The average Bonchev–Trinajstić information content (AvgIpc) is 1.59. The predicted octanol–water partition coefficient (Wildman–Crippen LogP) is -3.00. The molecular formula is CH6N2O5Si. The minimum Gasteiger partial charge on any atom is -0.366 e. The van der Waals surface area contributed by atoms with Gasteiger partial charge < -0.3 is 20.1 Å². The van der Waals surface area contributed by atoms with E-state index in [9.17, 15) is 4.79 Å². The number of hydrogen-bond donors (Lipinski definition) is 5. The highest BCUT2D eigenvalue weighted by Gasteiger charge is 2.32. The summed E-state index contributed by atoms with van der Waals surface area (Å²) in [6, 6.07) is -1.12. The van der Waals surface area contributed by atoms with Crippen molar-refractivity contribution >= 4 is 15.1 Å². The summed E-state index contributed by atoms with van der Waals surface area (Å²) in [5.41, 5.74) is 5.75. The molecule has 0 spiro atoms. The molecular weight excluding hydrogens is 148 g/mol. The van der Waals surface area contributed by atoms with Crippen LogP contribution in [0, 0.1) is 0 Å². The van der Waals surface area contributed by atoms with Crippen molar-refractivity contribution in [3.05, 3.63) is 0 Å². The van der Waals surface area contributed by atoms with E-state index >= 15 is 0 Å². The van der Waals surface area contributed by atoms with Gasteiger partial charge in [0.1, 0.15) is 0 Å². The summed E-state index contributed by atoms with van der Waals surface area (Å²) in [6.45, 7) is 0. The van der Waals surface area contributed by atoms with Gasteiger partial charge in [-0.2, -0.15) is 0 Å². The second-order valence-electron chi connectivity index (χ2n) is 1.14. The molecule has 0 bridgehead atoms. The van der Waals surface area contributed by atoms with Crippen LogP contribution in [0.1, 0.15) is 0 Å². The fourth-order valence-electron chi connectivity index (χ4n) is 0.119. The number of carbonyl (C=O) groups is 1. The van der Waals surface area contributed by atoms with Crippen LogP contribution >= 0.6 is 0 Å². The number of primary amides is 1. The Labute approximate surface area is 51.1 Å². The van der Waals surface area contributed by atoms with E-state index in [1.54, 1.807) is 0 Å². The van der Waals surface area contributed by atoms with E-state index in [0.29, 0.717) is 0 Å². The molecule has 0 aliphatic rings. The Morgan fingerprint density at radius 3 is 2.11 bits per heavy atom. The van der Waals surface area contributed by atoms with Gasteiger partial charge >= 0.3 is 15.1 Å². The molecule has 0 atom stereocenters. The van der Waals surface area contributed by atoms with Gasteiger partial charge in [0, 0.05) is 0 Å². The van der Waals surface area contributed by atoms with E-state index in [2.05, 4.69) is 10.3 Å².